The number of urea groups is 1. The molecular weight excluding hydrogens is 364 g/mol. The highest BCUT2D eigenvalue weighted by Gasteiger charge is 2.23. The van der Waals surface area contributed by atoms with E-state index in [0.29, 0.717) is 13.1 Å². The minimum Gasteiger partial charge on any atom is -0.350 e. The number of carbonyl (C=O) groups excluding carboxylic acids is 2. The van der Waals surface area contributed by atoms with Crippen LogP contribution in [0.1, 0.15) is 30.5 Å². The van der Waals surface area contributed by atoms with Gasteiger partial charge in [0.05, 0.1) is 0 Å². The first-order chi connectivity index (χ1) is 13.8. The molecule has 2 aromatic carbocycles. The van der Waals surface area contributed by atoms with Crippen molar-refractivity contribution in [2.24, 2.45) is 5.92 Å². The van der Waals surface area contributed by atoms with Crippen LogP contribution in [0, 0.1) is 5.92 Å². The Morgan fingerprint density at radius 2 is 1.48 bits per heavy atom. The predicted molar refractivity (Wildman–Crippen MR) is 116 cm³/mol. The Morgan fingerprint density at radius 1 is 0.862 bits per heavy atom. The van der Waals surface area contributed by atoms with E-state index in [1.54, 1.807) is 0 Å². The van der Waals surface area contributed by atoms with Crippen LogP contribution in [0.2, 0.25) is 0 Å². The highest BCUT2D eigenvalue weighted by atomic mass is 16.2. The van der Waals surface area contributed by atoms with E-state index in [-0.39, 0.29) is 17.9 Å². The lowest BCUT2D eigenvalue weighted by molar-refractivity contribution is -0.124. The Hall–Kier alpha value is -2.86. The van der Waals surface area contributed by atoms with Crippen LogP contribution in [0.5, 0.6) is 0 Å². The second-order valence-corrected chi connectivity index (χ2v) is 7.81. The van der Waals surface area contributed by atoms with Crippen molar-refractivity contribution < 1.29 is 9.59 Å². The SMILES string of the molecule is CC(C)[C@H](NC(=O)NCc1ccccc1)C(=O)NCc1cccc(CN(C)C)c1. The summed E-state index contributed by atoms with van der Waals surface area (Å²) in [6.45, 7) is 5.52. The first-order valence-electron chi connectivity index (χ1n) is 9.93. The molecule has 0 aromatic heterocycles. The number of nitrogens with one attached hydrogen (secondary N) is 3. The van der Waals surface area contributed by atoms with Gasteiger partial charge in [0.1, 0.15) is 6.04 Å². The fourth-order valence-corrected chi connectivity index (χ4v) is 3.01. The van der Waals surface area contributed by atoms with Crippen molar-refractivity contribution in [1.29, 1.82) is 0 Å². The molecule has 1 atom stereocenters. The van der Waals surface area contributed by atoms with E-state index in [0.717, 1.165) is 17.7 Å². The fourth-order valence-electron chi connectivity index (χ4n) is 3.01. The molecule has 0 saturated heterocycles. The van der Waals surface area contributed by atoms with Gasteiger partial charge in [-0.05, 0) is 36.7 Å². The first kappa shape index (κ1) is 22.4. The molecule has 0 aliphatic carbocycles. The molecule has 0 saturated carbocycles. The Labute approximate surface area is 173 Å². The summed E-state index contributed by atoms with van der Waals surface area (Å²) in [7, 11) is 4.05. The van der Waals surface area contributed by atoms with Crippen molar-refractivity contribution in [3.63, 3.8) is 0 Å². The van der Waals surface area contributed by atoms with Gasteiger partial charge in [-0.2, -0.15) is 0 Å². The largest absolute Gasteiger partial charge is 0.350 e. The number of carbonyl (C=O) groups is 2. The predicted octanol–water partition coefficient (Wildman–Crippen LogP) is 2.89. The Kier molecular flexibility index (Phi) is 8.68. The van der Waals surface area contributed by atoms with Gasteiger partial charge >= 0.3 is 6.03 Å². The molecule has 0 heterocycles. The summed E-state index contributed by atoms with van der Waals surface area (Å²) in [4.78, 5) is 27.0. The van der Waals surface area contributed by atoms with Crippen molar-refractivity contribution in [3.05, 3.63) is 71.3 Å². The maximum atomic E-state index is 12.7. The zero-order chi connectivity index (χ0) is 21.2. The van der Waals surface area contributed by atoms with Gasteiger partial charge in [-0.1, -0.05) is 68.4 Å². The zero-order valence-electron chi connectivity index (χ0n) is 17.7. The van der Waals surface area contributed by atoms with Crippen LogP contribution < -0.4 is 16.0 Å². The van der Waals surface area contributed by atoms with Crippen molar-refractivity contribution in [3.8, 4) is 0 Å². The monoisotopic (exact) mass is 396 g/mol. The van der Waals surface area contributed by atoms with Gasteiger partial charge in [-0.15, -0.1) is 0 Å². The van der Waals surface area contributed by atoms with E-state index >= 15 is 0 Å². The summed E-state index contributed by atoms with van der Waals surface area (Å²) in [6.07, 6.45) is 0. The summed E-state index contributed by atoms with van der Waals surface area (Å²) in [6, 6.07) is 16.9. The molecule has 0 spiro atoms. The topological polar surface area (TPSA) is 73.5 Å². The molecule has 156 valence electrons. The van der Waals surface area contributed by atoms with E-state index in [4.69, 9.17) is 0 Å². The number of amides is 3. The molecule has 0 unspecified atom stereocenters. The van der Waals surface area contributed by atoms with Crippen LogP contribution in [0.25, 0.3) is 0 Å². The summed E-state index contributed by atoms with van der Waals surface area (Å²) in [5, 5.41) is 8.54. The average Bonchev–Trinajstić information content (AvgIpc) is 2.69. The third-order valence-electron chi connectivity index (χ3n) is 4.49. The number of rotatable bonds is 9. The maximum Gasteiger partial charge on any atom is 0.315 e. The standard InChI is InChI=1S/C23H32N4O2/c1-17(2)21(26-23(29)25-14-18-9-6-5-7-10-18)22(28)24-15-19-11-8-12-20(13-19)16-27(3)4/h5-13,17,21H,14-16H2,1-4H3,(H,24,28)(H2,25,26,29)/t21-/m0/s1. The van der Waals surface area contributed by atoms with Crippen LogP contribution >= 0.6 is 0 Å². The molecule has 29 heavy (non-hydrogen) atoms. The quantitative estimate of drug-likeness (QED) is 0.610. The molecule has 6 nitrogen and oxygen atoms in total. The van der Waals surface area contributed by atoms with Crippen LogP contribution in [0.15, 0.2) is 54.6 Å². The Morgan fingerprint density at radius 3 is 2.14 bits per heavy atom. The van der Waals surface area contributed by atoms with E-state index in [2.05, 4.69) is 33.0 Å². The van der Waals surface area contributed by atoms with Crippen molar-refractivity contribution in [2.75, 3.05) is 14.1 Å². The molecule has 0 aliphatic heterocycles. The van der Waals surface area contributed by atoms with E-state index in [9.17, 15) is 9.59 Å². The third kappa shape index (κ3) is 7.95. The summed E-state index contributed by atoms with van der Waals surface area (Å²) >= 11 is 0. The highest BCUT2D eigenvalue weighted by molar-refractivity contribution is 5.87. The normalized spacial score (nSPS) is 11.9. The van der Waals surface area contributed by atoms with Gasteiger partial charge in [-0.25, -0.2) is 4.79 Å². The van der Waals surface area contributed by atoms with Gasteiger partial charge in [0.2, 0.25) is 5.91 Å². The summed E-state index contributed by atoms with van der Waals surface area (Å²) in [5.74, 6) is -0.217. The van der Waals surface area contributed by atoms with E-state index in [1.165, 1.54) is 5.56 Å². The molecule has 2 rings (SSSR count). The number of hydrogen-bond acceptors (Lipinski definition) is 3. The smallest absolute Gasteiger partial charge is 0.315 e. The minimum absolute atomic E-state index is 0.0300. The van der Waals surface area contributed by atoms with Crippen molar-refractivity contribution >= 4 is 11.9 Å². The first-order valence-corrected chi connectivity index (χ1v) is 9.93. The number of hydrogen-bond donors (Lipinski definition) is 3. The molecule has 2 aromatic rings. The molecule has 6 heteroatoms. The summed E-state index contributed by atoms with van der Waals surface area (Å²) in [5.41, 5.74) is 3.24. The van der Waals surface area contributed by atoms with E-state index < -0.39 is 6.04 Å². The maximum absolute atomic E-state index is 12.7. The lowest BCUT2D eigenvalue weighted by Crippen LogP contribution is -2.52. The third-order valence-corrected chi connectivity index (χ3v) is 4.49. The Balaban J connectivity index is 1.87. The second kappa shape index (κ2) is 11.2. The van der Waals surface area contributed by atoms with Crippen molar-refractivity contribution in [1.82, 2.24) is 20.9 Å². The average molecular weight is 397 g/mol. The zero-order valence-corrected chi connectivity index (χ0v) is 17.7. The molecule has 0 bridgehead atoms. The Bertz CT molecular complexity index is 790. The molecule has 0 fully saturated rings. The summed E-state index contributed by atoms with van der Waals surface area (Å²) < 4.78 is 0. The van der Waals surface area contributed by atoms with Gasteiger partial charge in [-0.3, -0.25) is 4.79 Å². The molecule has 3 amide bonds. The molecule has 0 aliphatic rings. The van der Waals surface area contributed by atoms with Gasteiger partial charge in [0, 0.05) is 19.6 Å². The minimum atomic E-state index is -0.601. The van der Waals surface area contributed by atoms with Crippen molar-refractivity contribution in [2.45, 2.75) is 39.5 Å². The van der Waals surface area contributed by atoms with Crippen LogP contribution in [0.3, 0.4) is 0 Å². The van der Waals surface area contributed by atoms with Crippen LogP contribution in [-0.4, -0.2) is 37.0 Å². The lowest BCUT2D eigenvalue weighted by atomic mass is 10.0. The van der Waals surface area contributed by atoms with Crippen LogP contribution in [-0.2, 0) is 24.4 Å². The van der Waals surface area contributed by atoms with Crippen LogP contribution in [0.4, 0.5) is 4.79 Å². The fraction of sp³-hybridized carbons (Fsp3) is 0.391. The van der Waals surface area contributed by atoms with Gasteiger partial charge in [0.25, 0.3) is 0 Å². The molecule has 0 radical (unpaired) electrons. The number of nitrogens with zero attached hydrogens (tertiary/aromatic N) is 1. The van der Waals surface area contributed by atoms with E-state index in [1.807, 2.05) is 70.4 Å². The highest BCUT2D eigenvalue weighted by Crippen LogP contribution is 2.08. The molecule has 3 N–H and O–H groups in total. The second-order valence-electron chi connectivity index (χ2n) is 7.81. The van der Waals surface area contributed by atoms with Gasteiger partial charge in [0.15, 0.2) is 0 Å². The number of benzene rings is 2. The molecular formula is C23H32N4O2. The van der Waals surface area contributed by atoms with Gasteiger partial charge < -0.3 is 20.9 Å². The lowest BCUT2D eigenvalue weighted by Gasteiger charge is -2.22.